The lowest BCUT2D eigenvalue weighted by molar-refractivity contribution is -0.141. The van der Waals surface area contributed by atoms with Crippen molar-refractivity contribution in [2.45, 2.75) is 96.2 Å². The molecule has 0 bridgehead atoms. The number of carbonyl (C=O) groups excluding carboxylic acids is 1. The molecule has 0 aromatic carbocycles. The van der Waals surface area contributed by atoms with Crippen molar-refractivity contribution in [3.8, 4) is 0 Å². The fraction of sp³-hybridized carbons (Fsp3) is 0.750. The smallest absolute Gasteiger partial charge is 0.306 e. The SMILES string of the molecule is C=C[C@](O)(CC=C[C@H]1[C@H](O)CC(=O)[C@@H]1CCCCCC(C)C(=O)O)CCCCC. The van der Waals surface area contributed by atoms with Crippen molar-refractivity contribution in [3.05, 3.63) is 24.8 Å². The van der Waals surface area contributed by atoms with Crippen LogP contribution in [0.1, 0.15) is 84.5 Å². The molecule has 166 valence electrons. The van der Waals surface area contributed by atoms with Gasteiger partial charge in [0.05, 0.1) is 17.6 Å². The van der Waals surface area contributed by atoms with Gasteiger partial charge in [-0.25, -0.2) is 0 Å². The minimum absolute atomic E-state index is 0.105. The zero-order chi connectivity index (χ0) is 21.9. The van der Waals surface area contributed by atoms with E-state index in [1.54, 1.807) is 13.0 Å². The van der Waals surface area contributed by atoms with Crippen molar-refractivity contribution in [1.82, 2.24) is 0 Å². The summed E-state index contributed by atoms with van der Waals surface area (Å²) in [6.07, 6.45) is 13.1. The lowest BCUT2D eigenvalue weighted by Gasteiger charge is -2.23. The van der Waals surface area contributed by atoms with Crippen LogP contribution in [0.5, 0.6) is 0 Å². The lowest BCUT2D eigenvalue weighted by atomic mass is 9.87. The first-order chi connectivity index (χ1) is 13.7. The Kier molecular flexibility index (Phi) is 11.4. The molecule has 0 radical (unpaired) electrons. The zero-order valence-electron chi connectivity index (χ0n) is 18.2. The van der Waals surface area contributed by atoms with Crippen molar-refractivity contribution in [2.75, 3.05) is 0 Å². The van der Waals surface area contributed by atoms with E-state index in [0.29, 0.717) is 25.7 Å². The highest BCUT2D eigenvalue weighted by atomic mass is 16.4. The quantitative estimate of drug-likeness (QED) is 0.270. The minimum atomic E-state index is -0.935. The molecule has 1 aliphatic carbocycles. The van der Waals surface area contributed by atoms with Gasteiger partial charge in [-0.2, -0.15) is 0 Å². The predicted molar refractivity (Wildman–Crippen MR) is 116 cm³/mol. The molecule has 5 atom stereocenters. The van der Waals surface area contributed by atoms with E-state index in [4.69, 9.17) is 5.11 Å². The molecule has 0 heterocycles. The van der Waals surface area contributed by atoms with E-state index in [1.807, 2.05) is 12.2 Å². The van der Waals surface area contributed by atoms with Gasteiger partial charge in [0.25, 0.3) is 0 Å². The Labute approximate surface area is 175 Å². The third kappa shape index (κ3) is 8.83. The predicted octanol–water partition coefficient (Wildman–Crippen LogP) is 4.67. The van der Waals surface area contributed by atoms with Gasteiger partial charge in [0.2, 0.25) is 0 Å². The normalized spacial score (nSPS) is 25.2. The molecule has 0 spiro atoms. The second kappa shape index (κ2) is 13.0. The Morgan fingerprint density at radius 3 is 2.62 bits per heavy atom. The number of Topliss-reactive ketones (excluding diaryl/α,β-unsaturated/α-hetero) is 1. The van der Waals surface area contributed by atoms with Crippen LogP contribution in [-0.2, 0) is 9.59 Å². The van der Waals surface area contributed by atoms with Crippen LogP contribution in [0.25, 0.3) is 0 Å². The highest BCUT2D eigenvalue weighted by Crippen LogP contribution is 2.35. The molecule has 1 unspecified atom stereocenters. The van der Waals surface area contributed by atoms with Crippen molar-refractivity contribution in [1.29, 1.82) is 0 Å². The van der Waals surface area contributed by atoms with Gasteiger partial charge < -0.3 is 15.3 Å². The molecule has 1 rings (SSSR count). The van der Waals surface area contributed by atoms with Gasteiger partial charge in [-0.15, -0.1) is 6.58 Å². The average molecular weight is 409 g/mol. The van der Waals surface area contributed by atoms with Crippen LogP contribution in [0.2, 0.25) is 0 Å². The van der Waals surface area contributed by atoms with Crippen molar-refractivity contribution < 1.29 is 24.9 Å². The lowest BCUT2D eigenvalue weighted by Crippen LogP contribution is -2.25. The van der Waals surface area contributed by atoms with E-state index in [2.05, 4.69) is 13.5 Å². The summed E-state index contributed by atoms with van der Waals surface area (Å²) in [5.74, 6) is -1.38. The van der Waals surface area contributed by atoms with E-state index in [1.165, 1.54) is 0 Å². The minimum Gasteiger partial charge on any atom is -0.481 e. The molecule has 0 saturated heterocycles. The van der Waals surface area contributed by atoms with Gasteiger partial charge in [0.15, 0.2) is 0 Å². The van der Waals surface area contributed by atoms with Gasteiger partial charge in [-0.05, 0) is 25.7 Å². The second-order valence-corrected chi connectivity index (χ2v) is 8.70. The Balaban J connectivity index is 2.52. The number of carboxylic acids is 1. The molecule has 1 aliphatic rings. The molecule has 0 amide bonds. The van der Waals surface area contributed by atoms with Gasteiger partial charge in [0, 0.05) is 18.3 Å². The molecular formula is C24H40O5. The number of unbranched alkanes of at least 4 members (excludes halogenated alkanes) is 4. The number of carboxylic acid groups (broad SMARTS) is 1. The summed E-state index contributed by atoms with van der Waals surface area (Å²) in [4.78, 5) is 23.2. The van der Waals surface area contributed by atoms with Crippen LogP contribution >= 0.6 is 0 Å². The zero-order valence-corrected chi connectivity index (χ0v) is 18.2. The molecule has 0 aliphatic heterocycles. The summed E-state index contributed by atoms with van der Waals surface area (Å²) in [5.41, 5.74) is -0.935. The summed E-state index contributed by atoms with van der Waals surface area (Å²) >= 11 is 0. The number of rotatable bonds is 15. The highest BCUT2D eigenvalue weighted by Gasteiger charge is 2.39. The average Bonchev–Trinajstić information content (AvgIpc) is 2.94. The van der Waals surface area contributed by atoms with Crippen LogP contribution in [0.4, 0.5) is 0 Å². The maximum absolute atomic E-state index is 12.3. The maximum Gasteiger partial charge on any atom is 0.306 e. The fourth-order valence-corrected chi connectivity index (χ4v) is 4.11. The number of aliphatic hydroxyl groups is 2. The van der Waals surface area contributed by atoms with Crippen LogP contribution in [0.3, 0.4) is 0 Å². The Morgan fingerprint density at radius 2 is 2.00 bits per heavy atom. The molecule has 0 aromatic heterocycles. The first kappa shape index (κ1) is 25.6. The van der Waals surface area contributed by atoms with E-state index >= 15 is 0 Å². The maximum atomic E-state index is 12.3. The van der Waals surface area contributed by atoms with Gasteiger partial charge in [-0.3, -0.25) is 9.59 Å². The van der Waals surface area contributed by atoms with Crippen LogP contribution in [-0.4, -0.2) is 38.8 Å². The topological polar surface area (TPSA) is 94.8 Å². The molecule has 3 N–H and O–H groups in total. The number of aliphatic carboxylic acids is 1. The van der Waals surface area contributed by atoms with Gasteiger partial charge in [0.1, 0.15) is 5.78 Å². The van der Waals surface area contributed by atoms with Crippen LogP contribution < -0.4 is 0 Å². The number of carbonyl (C=O) groups is 2. The summed E-state index contributed by atoms with van der Waals surface area (Å²) in [7, 11) is 0. The van der Waals surface area contributed by atoms with Gasteiger partial charge >= 0.3 is 5.97 Å². The number of ketones is 1. The summed E-state index contributed by atoms with van der Waals surface area (Å²) < 4.78 is 0. The molecule has 1 saturated carbocycles. The van der Waals surface area contributed by atoms with E-state index in [0.717, 1.165) is 38.5 Å². The Hall–Kier alpha value is -1.46. The fourth-order valence-electron chi connectivity index (χ4n) is 4.11. The number of hydrogen-bond donors (Lipinski definition) is 3. The Morgan fingerprint density at radius 1 is 1.28 bits per heavy atom. The molecule has 29 heavy (non-hydrogen) atoms. The number of hydrogen-bond acceptors (Lipinski definition) is 4. The van der Waals surface area contributed by atoms with Crippen LogP contribution in [0, 0.1) is 17.8 Å². The second-order valence-electron chi connectivity index (χ2n) is 8.70. The van der Waals surface area contributed by atoms with E-state index in [-0.39, 0.29) is 30.0 Å². The summed E-state index contributed by atoms with van der Waals surface area (Å²) in [6, 6.07) is 0. The molecular weight excluding hydrogens is 368 g/mol. The van der Waals surface area contributed by atoms with Crippen molar-refractivity contribution >= 4 is 11.8 Å². The Bertz CT molecular complexity index is 555. The van der Waals surface area contributed by atoms with Crippen molar-refractivity contribution in [3.63, 3.8) is 0 Å². The monoisotopic (exact) mass is 408 g/mol. The molecule has 5 heteroatoms. The summed E-state index contributed by atoms with van der Waals surface area (Å²) in [5, 5.41) is 29.9. The highest BCUT2D eigenvalue weighted by molar-refractivity contribution is 5.84. The first-order valence-electron chi connectivity index (χ1n) is 11.2. The first-order valence-corrected chi connectivity index (χ1v) is 11.2. The third-order valence-electron chi connectivity index (χ3n) is 6.23. The van der Waals surface area contributed by atoms with E-state index < -0.39 is 17.7 Å². The third-order valence-corrected chi connectivity index (χ3v) is 6.23. The van der Waals surface area contributed by atoms with Gasteiger partial charge in [-0.1, -0.05) is 70.6 Å². The summed E-state index contributed by atoms with van der Waals surface area (Å²) in [6.45, 7) is 7.60. The van der Waals surface area contributed by atoms with Crippen LogP contribution in [0.15, 0.2) is 24.8 Å². The molecule has 5 nitrogen and oxygen atoms in total. The van der Waals surface area contributed by atoms with E-state index in [9.17, 15) is 19.8 Å². The molecule has 1 fully saturated rings. The molecule has 0 aromatic rings. The largest absolute Gasteiger partial charge is 0.481 e. The van der Waals surface area contributed by atoms with Crippen molar-refractivity contribution in [2.24, 2.45) is 17.8 Å². The number of aliphatic hydroxyl groups excluding tert-OH is 1. The standard InChI is InChI=1S/C24H40O5/c1-4-6-10-15-24(29,5-2)16-11-14-20-19(21(25)17-22(20)26)13-9-7-8-12-18(3)23(27)28/h5,11,14,18-20,22,26,29H,2,4,6-10,12-13,15-17H2,1,3H3,(H,27,28)/t18?,19-,20-,22-,24-/m1/s1.